The van der Waals surface area contributed by atoms with E-state index in [2.05, 4.69) is 5.32 Å². The summed E-state index contributed by atoms with van der Waals surface area (Å²) in [6, 6.07) is 8.83. The molecule has 2 aromatic rings. The van der Waals surface area contributed by atoms with Crippen LogP contribution in [-0.2, 0) is 6.42 Å². The van der Waals surface area contributed by atoms with E-state index in [1.807, 2.05) is 6.07 Å². The molecule has 0 bridgehead atoms. The van der Waals surface area contributed by atoms with Gasteiger partial charge in [0.15, 0.2) is 0 Å². The number of hydrogen-bond acceptors (Lipinski definition) is 2. The predicted octanol–water partition coefficient (Wildman–Crippen LogP) is 4.01. The summed E-state index contributed by atoms with van der Waals surface area (Å²) in [4.78, 5) is 0. The molecule has 0 radical (unpaired) electrons. The minimum absolute atomic E-state index is 0.0506. The molecule has 2 N–H and O–H groups in total. The van der Waals surface area contributed by atoms with Crippen molar-refractivity contribution in [1.29, 1.82) is 0 Å². The molecular formula is C17H17F2NO. The van der Waals surface area contributed by atoms with Crippen LogP contribution in [0, 0.1) is 11.6 Å². The molecule has 0 heterocycles. The molecule has 0 fully saturated rings. The third-order valence-electron chi connectivity index (χ3n) is 4.09. The van der Waals surface area contributed by atoms with Gasteiger partial charge >= 0.3 is 0 Å². The van der Waals surface area contributed by atoms with Crippen molar-refractivity contribution in [3.63, 3.8) is 0 Å². The highest BCUT2D eigenvalue weighted by Gasteiger charge is 2.26. The van der Waals surface area contributed by atoms with Crippen LogP contribution in [0.4, 0.5) is 8.78 Å². The van der Waals surface area contributed by atoms with Crippen LogP contribution < -0.4 is 5.32 Å². The number of phenolic OH excluding ortho intramolecular Hbond substituents is 1. The normalized spacial score (nSPS) is 18.5. The zero-order valence-corrected chi connectivity index (χ0v) is 11.7. The van der Waals surface area contributed by atoms with E-state index >= 15 is 0 Å². The Balaban J connectivity index is 1.83. The first-order valence-corrected chi connectivity index (χ1v) is 7.08. The highest BCUT2D eigenvalue weighted by atomic mass is 19.1. The van der Waals surface area contributed by atoms with Crippen molar-refractivity contribution < 1.29 is 13.9 Å². The van der Waals surface area contributed by atoms with Crippen LogP contribution in [0.1, 0.15) is 42.1 Å². The first-order valence-electron chi connectivity index (χ1n) is 7.08. The molecule has 2 atom stereocenters. The molecule has 0 saturated heterocycles. The summed E-state index contributed by atoms with van der Waals surface area (Å²) in [5, 5.41) is 12.8. The lowest BCUT2D eigenvalue weighted by atomic mass is 10.0. The fourth-order valence-electron chi connectivity index (χ4n) is 3.09. The standard InChI is InChI=1S/C17H17F2NO/c1-10(17-14(18)3-2-4-15(17)19)20-16-8-5-11-9-12(21)6-7-13(11)16/h2-4,6-7,9-10,16,20-21H,5,8H2,1H3. The molecule has 0 spiro atoms. The number of nitrogens with one attached hydrogen (secondary N) is 1. The summed E-state index contributed by atoms with van der Waals surface area (Å²) in [5.41, 5.74) is 2.26. The summed E-state index contributed by atoms with van der Waals surface area (Å²) in [6.45, 7) is 1.76. The molecule has 3 rings (SSSR count). The lowest BCUT2D eigenvalue weighted by molar-refractivity contribution is 0.431. The van der Waals surface area contributed by atoms with E-state index in [0.29, 0.717) is 0 Å². The van der Waals surface area contributed by atoms with Crippen LogP contribution >= 0.6 is 0 Å². The maximum atomic E-state index is 13.8. The fourth-order valence-corrected chi connectivity index (χ4v) is 3.09. The van der Waals surface area contributed by atoms with Gasteiger partial charge in [0.1, 0.15) is 17.4 Å². The molecule has 0 aliphatic heterocycles. The van der Waals surface area contributed by atoms with Crippen LogP contribution in [-0.4, -0.2) is 5.11 Å². The Labute approximate surface area is 122 Å². The number of fused-ring (bicyclic) bond motifs is 1. The van der Waals surface area contributed by atoms with Crippen LogP contribution in [0.25, 0.3) is 0 Å². The van der Waals surface area contributed by atoms with Crippen molar-refractivity contribution in [2.24, 2.45) is 0 Å². The molecule has 0 amide bonds. The van der Waals surface area contributed by atoms with E-state index in [1.54, 1.807) is 19.1 Å². The number of rotatable bonds is 3. The van der Waals surface area contributed by atoms with Gasteiger partial charge in [-0.2, -0.15) is 0 Å². The topological polar surface area (TPSA) is 32.3 Å². The molecule has 0 saturated carbocycles. The van der Waals surface area contributed by atoms with Crippen molar-refractivity contribution in [2.45, 2.75) is 31.8 Å². The van der Waals surface area contributed by atoms with Gasteiger partial charge in [0.2, 0.25) is 0 Å². The maximum absolute atomic E-state index is 13.8. The molecular weight excluding hydrogens is 272 g/mol. The van der Waals surface area contributed by atoms with E-state index in [0.717, 1.165) is 24.0 Å². The summed E-state index contributed by atoms with van der Waals surface area (Å²) < 4.78 is 27.6. The highest BCUT2D eigenvalue weighted by Crippen LogP contribution is 2.35. The number of hydrogen-bond donors (Lipinski definition) is 2. The Morgan fingerprint density at radius 1 is 1.19 bits per heavy atom. The van der Waals surface area contributed by atoms with Crippen molar-refractivity contribution >= 4 is 0 Å². The Hall–Kier alpha value is -1.94. The van der Waals surface area contributed by atoms with Crippen LogP contribution in [0.2, 0.25) is 0 Å². The van der Waals surface area contributed by atoms with Crippen molar-refractivity contribution in [1.82, 2.24) is 5.32 Å². The van der Waals surface area contributed by atoms with E-state index in [9.17, 15) is 13.9 Å². The third-order valence-corrected chi connectivity index (χ3v) is 4.09. The second-order valence-corrected chi connectivity index (χ2v) is 5.50. The van der Waals surface area contributed by atoms with Gasteiger partial charge in [0.05, 0.1) is 0 Å². The Morgan fingerprint density at radius 2 is 1.90 bits per heavy atom. The first-order chi connectivity index (χ1) is 10.1. The van der Waals surface area contributed by atoms with Gasteiger partial charge in [0, 0.05) is 17.6 Å². The lowest BCUT2D eigenvalue weighted by Gasteiger charge is -2.21. The van der Waals surface area contributed by atoms with Crippen molar-refractivity contribution in [2.75, 3.05) is 0 Å². The van der Waals surface area contributed by atoms with Crippen molar-refractivity contribution in [3.05, 3.63) is 64.7 Å². The second-order valence-electron chi connectivity index (χ2n) is 5.50. The fraction of sp³-hybridized carbons (Fsp3) is 0.294. The van der Waals surface area contributed by atoms with Gasteiger partial charge in [-0.1, -0.05) is 12.1 Å². The van der Waals surface area contributed by atoms with Gasteiger partial charge in [-0.25, -0.2) is 8.78 Å². The minimum atomic E-state index is -0.529. The quantitative estimate of drug-likeness (QED) is 0.895. The largest absolute Gasteiger partial charge is 0.508 e. The average Bonchev–Trinajstić information content (AvgIpc) is 2.80. The molecule has 4 heteroatoms. The van der Waals surface area contributed by atoms with E-state index in [1.165, 1.54) is 18.2 Å². The first kappa shape index (κ1) is 14.0. The third kappa shape index (κ3) is 2.63. The zero-order valence-electron chi connectivity index (χ0n) is 11.7. The maximum Gasteiger partial charge on any atom is 0.130 e. The molecule has 110 valence electrons. The van der Waals surface area contributed by atoms with Crippen molar-refractivity contribution in [3.8, 4) is 5.75 Å². The second kappa shape index (κ2) is 5.45. The number of phenols is 1. The van der Waals surface area contributed by atoms with Gasteiger partial charge in [0.25, 0.3) is 0 Å². The Bertz CT molecular complexity index is 652. The number of benzene rings is 2. The summed E-state index contributed by atoms with van der Waals surface area (Å²) in [7, 11) is 0. The van der Waals surface area contributed by atoms with Crippen LogP contribution in [0.5, 0.6) is 5.75 Å². The summed E-state index contributed by atoms with van der Waals surface area (Å²) in [6.07, 6.45) is 1.72. The van der Waals surface area contributed by atoms with Gasteiger partial charge < -0.3 is 10.4 Å². The van der Waals surface area contributed by atoms with Gasteiger partial charge in [-0.3, -0.25) is 0 Å². The Kier molecular flexibility index (Phi) is 3.64. The van der Waals surface area contributed by atoms with E-state index < -0.39 is 17.7 Å². The molecule has 1 aliphatic rings. The summed E-state index contributed by atoms with van der Waals surface area (Å²) >= 11 is 0. The number of aromatic hydroxyl groups is 1. The molecule has 1 aliphatic carbocycles. The average molecular weight is 289 g/mol. The molecule has 2 aromatic carbocycles. The van der Waals surface area contributed by atoms with Gasteiger partial charge in [-0.05, 0) is 55.2 Å². The molecule has 21 heavy (non-hydrogen) atoms. The smallest absolute Gasteiger partial charge is 0.130 e. The number of halogens is 2. The Morgan fingerprint density at radius 3 is 2.62 bits per heavy atom. The molecule has 2 nitrogen and oxygen atoms in total. The predicted molar refractivity (Wildman–Crippen MR) is 77.1 cm³/mol. The zero-order chi connectivity index (χ0) is 15.0. The summed E-state index contributed by atoms with van der Waals surface area (Å²) in [5.74, 6) is -0.805. The van der Waals surface area contributed by atoms with E-state index in [-0.39, 0.29) is 17.4 Å². The van der Waals surface area contributed by atoms with Gasteiger partial charge in [-0.15, -0.1) is 0 Å². The molecule has 0 aromatic heterocycles. The minimum Gasteiger partial charge on any atom is -0.508 e. The number of aryl methyl sites for hydroxylation is 1. The van der Waals surface area contributed by atoms with E-state index in [4.69, 9.17) is 0 Å². The lowest BCUT2D eigenvalue weighted by Crippen LogP contribution is -2.24. The molecule has 2 unspecified atom stereocenters. The SMILES string of the molecule is CC(NC1CCc2cc(O)ccc21)c1c(F)cccc1F. The van der Waals surface area contributed by atoms with Crippen LogP contribution in [0.3, 0.4) is 0 Å². The highest BCUT2D eigenvalue weighted by molar-refractivity contribution is 5.40. The van der Waals surface area contributed by atoms with Crippen LogP contribution in [0.15, 0.2) is 36.4 Å². The monoisotopic (exact) mass is 289 g/mol.